The third kappa shape index (κ3) is 4.01. The first kappa shape index (κ1) is 17.1. The van der Waals surface area contributed by atoms with Gasteiger partial charge in [-0.05, 0) is 0 Å². The Bertz CT molecular complexity index is 2960. The van der Waals surface area contributed by atoms with Crippen molar-refractivity contribution in [2.45, 2.75) is 0 Å². The molecule has 0 bridgehead atoms. The van der Waals surface area contributed by atoms with Crippen LogP contribution in [-0.4, -0.2) is 14.5 Å². The minimum atomic E-state index is -0.784. The van der Waals surface area contributed by atoms with E-state index in [2.05, 4.69) is 0 Å². The molecule has 9 aromatic rings. The number of para-hydroxylation sites is 1. The summed E-state index contributed by atoms with van der Waals surface area (Å²) in [6.07, 6.45) is 0. The van der Waals surface area contributed by atoms with Gasteiger partial charge in [0.25, 0.3) is 0 Å². The van der Waals surface area contributed by atoms with E-state index in [0.717, 1.165) is 27.5 Å². The van der Waals surface area contributed by atoms with E-state index < -0.39 is 32.6 Å². The van der Waals surface area contributed by atoms with Gasteiger partial charge in [0.2, 0.25) is 0 Å². The Kier molecular flexibility index (Phi) is 3.88. The normalized spacial score (nSPS) is 14.7. The molecule has 3 heteroatoms. The second-order valence-corrected chi connectivity index (χ2v) is 12.4. The number of hydrogen-bond acceptors (Lipinski definition) is 2. The molecule has 0 aliphatic rings. The molecule has 0 unspecified atom stereocenters. The first-order chi connectivity index (χ1) is 25.1. The fraction of sp³-hybridized carbons (Fsp3) is 0. The molecule has 0 saturated carbocycles. The van der Waals surface area contributed by atoms with Crippen LogP contribution in [-0.2, 0) is 0 Å². The molecule has 0 spiro atoms. The van der Waals surface area contributed by atoms with E-state index in [1.807, 2.05) is 97.1 Å². The molecule has 2 nitrogen and oxygen atoms in total. The first-order valence-electron chi connectivity index (χ1n) is 18.3. The monoisotopic (exact) mass is 624 g/mol. The van der Waals surface area contributed by atoms with Crippen molar-refractivity contribution < 1.29 is 16.8 Å². The summed E-state index contributed by atoms with van der Waals surface area (Å²) in [5.41, 5.74) is 4.90. The van der Waals surface area contributed by atoms with Gasteiger partial charge in [-0.25, -0.2) is 0 Å². The quantitative estimate of drug-likeness (QED) is 0.181. The number of rotatable bonds is 4. The van der Waals surface area contributed by atoms with Gasteiger partial charge in [-0.1, -0.05) is 0 Å². The molecule has 0 radical (unpaired) electrons. The van der Waals surface area contributed by atoms with Gasteiger partial charge in [-0.15, -0.1) is 0 Å². The number of fused-ring (bicyclic) bond motifs is 8. The summed E-state index contributed by atoms with van der Waals surface area (Å²) in [5.74, 6) is 0. The summed E-state index contributed by atoms with van der Waals surface area (Å²) in [6.45, 7) is 0. The summed E-state index contributed by atoms with van der Waals surface area (Å²) in [7, 11) is 0. The van der Waals surface area contributed by atoms with E-state index in [1.54, 1.807) is 4.90 Å². The van der Waals surface area contributed by atoms with Crippen LogP contribution in [0.3, 0.4) is 0 Å². The number of nitrogens with zero attached hydrogens (tertiary/aromatic N) is 1. The van der Waals surface area contributed by atoms with Crippen LogP contribution in [0.5, 0.6) is 0 Å². The number of furan rings is 1. The molecule has 0 aliphatic heterocycles. The Labute approximate surface area is 267 Å². The van der Waals surface area contributed by atoms with Gasteiger partial charge >= 0.3 is 268 Å². The van der Waals surface area contributed by atoms with Crippen LogP contribution in [0.15, 0.2) is 156 Å². The van der Waals surface area contributed by atoms with Gasteiger partial charge in [0.05, 0.1) is 0 Å². The van der Waals surface area contributed by atoms with Crippen molar-refractivity contribution in [3.8, 4) is 11.1 Å². The fourth-order valence-corrected chi connectivity index (χ4v) is 8.05. The summed E-state index contributed by atoms with van der Waals surface area (Å²) in [5, 5.41) is 2.25. The Morgan fingerprint density at radius 3 is 2.19 bits per heavy atom. The zero-order chi connectivity index (χ0) is 36.2. The summed E-state index contributed by atoms with van der Waals surface area (Å²) in [4.78, 5) is 1.81. The Morgan fingerprint density at radius 1 is 0.535 bits per heavy atom. The third-order valence-corrected chi connectivity index (χ3v) is 10.1. The molecule has 43 heavy (non-hydrogen) atoms. The second-order valence-electron chi connectivity index (χ2n) is 10.3. The fourth-order valence-electron chi connectivity index (χ4n) is 5.70. The molecule has 9 rings (SSSR count). The molecular weight excluding hydrogens is 589 g/mol. The van der Waals surface area contributed by atoms with E-state index in [9.17, 15) is 4.11 Å². The van der Waals surface area contributed by atoms with Crippen LogP contribution in [0.25, 0.3) is 63.1 Å². The van der Waals surface area contributed by atoms with Gasteiger partial charge in [-0.2, -0.15) is 0 Å². The van der Waals surface area contributed by atoms with Crippen molar-refractivity contribution in [2.75, 3.05) is 4.90 Å². The maximum absolute atomic E-state index is 9.71. The van der Waals surface area contributed by atoms with Gasteiger partial charge in [0, 0.05) is 0 Å². The molecular formula is C40H25NOSe. The van der Waals surface area contributed by atoms with E-state index in [0.29, 0.717) is 25.5 Å². The van der Waals surface area contributed by atoms with Gasteiger partial charge in [-0.3, -0.25) is 0 Å². The molecule has 0 N–H and O–H groups in total. The van der Waals surface area contributed by atoms with E-state index in [4.69, 9.17) is 12.6 Å². The molecule has 0 fully saturated rings. The molecule has 0 atom stereocenters. The number of anilines is 3. The van der Waals surface area contributed by atoms with Crippen molar-refractivity contribution >= 4 is 83.6 Å². The van der Waals surface area contributed by atoms with E-state index in [1.165, 1.54) is 0 Å². The van der Waals surface area contributed by atoms with Gasteiger partial charge in [0.15, 0.2) is 0 Å². The van der Waals surface area contributed by atoms with Crippen molar-refractivity contribution in [1.29, 1.82) is 0 Å². The van der Waals surface area contributed by atoms with E-state index in [-0.39, 0.29) is 63.5 Å². The Balaban J connectivity index is 1.36. The van der Waals surface area contributed by atoms with Crippen LogP contribution in [0, 0.1) is 0 Å². The van der Waals surface area contributed by atoms with Gasteiger partial charge in [0.1, 0.15) is 0 Å². The average molecular weight is 624 g/mol. The second kappa shape index (κ2) is 9.74. The number of hydrogen-bond donors (Lipinski definition) is 0. The predicted octanol–water partition coefficient (Wildman–Crippen LogP) is 11.2. The standard InChI is InChI=1S/C40H25NOSe/c1-2-8-26(9-3-1)27-14-17-29(18-15-27)41(30-20-23-38-36(24-30)33-12-6-7-13-37(33)42-38)31-19-22-34-35-21-16-28-10-4-5-11-32(28)40(35)43-39(34)25-31/h1-25H/i4D,5D,10D,11D,16D,19D,21D,22D,25D. The van der Waals surface area contributed by atoms with Crippen LogP contribution >= 0.6 is 0 Å². The van der Waals surface area contributed by atoms with Crippen molar-refractivity contribution in [3.05, 3.63) is 151 Å². The SMILES string of the molecule is [2H]c1c([2H])c([2H])c2c(c1[2H])c([2H])c([2H])c1c2[se]c2c([2H])c(N(c3ccc(-c4ccccc4)cc3)c3ccc4oc5ccccc5c4c3)c([2H])c([2H])c21. The maximum atomic E-state index is 9.71. The van der Waals surface area contributed by atoms with Gasteiger partial charge < -0.3 is 0 Å². The first-order valence-corrected chi connectivity index (χ1v) is 15.5. The molecule has 2 aromatic heterocycles. The van der Waals surface area contributed by atoms with Crippen LogP contribution in [0.1, 0.15) is 12.3 Å². The van der Waals surface area contributed by atoms with Crippen LogP contribution in [0.2, 0.25) is 0 Å². The summed E-state index contributed by atoms with van der Waals surface area (Å²) in [6, 6.07) is 28.4. The third-order valence-electron chi connectivity index (χ3n) is 7.75. The molecule has 0 aliphatic carbocycles. The van der Waals surface area contributed by atoms with Crippen molar-refractivity contribution in [1.82, 2.24) is 0 Å². The predicted molar refractivity (Wildman–Crippen MR) is 183 cm³/mol. The van der Waals surface area contributed by atoms with Crippen LogP contribution < -0.4 is 4.90 Å². The van der Waals surface area contributed by atoms with Crippen molar-refractivity contribution in [2.24, 2.45) is 0 Å². The summed E-state index contributed by atoms with van der Waals surface area (Å²) >= 11 is -0.784. The molecule has 0 saturated heterocycles. The summed E-state index contributed by atoms with van der Waals surface area (Å²) < 4.78 is 87.2. The average Bonchev–Trinajstić information content (AvgIpc) is 3.75. The Morgan fingerprint density at radius 2 is 1.28 bits per heavy atom. The zero-order valence-electron chi connectivity index (χ0n) is 31.5. The Hall–Kier alpha value is -5.08. The molecule has 202 valence electrons. The number of benzene rings is 7. The molecule has 2 heterocycles. The topological polar surface area (TPSA) is 16.4 Å². The zero-order valence-corrected chi connectivity index (χ0v) is 24.2. The minimum absolute atomic E-state index is 0.0172. The molecule has 7 aromatic carbocycles. The van der Waals surface area contributed by atoms with Crippen molar-refractivity contribution in [3.63, 3.8) is 0 Å². The van der Waals surface area contributed by atoms with E-state index >= 15 is 0 Å². The molecule has 0 amide bonds. The van der Waals surface area contributed by atoms with Crippen LogP contribution in [0.4, 0.5) is 17.1 Å².